The molecule has 1 fully saturated rings. The molecule has 9 heteroatoms. The van der Waals surface area contributed by atoms with Crippen molar-refractivity contribution in [3.05, 3.63) is 65.5 Å². The number of benzene rings is 2. The predicted octanol–water partition coefficient (Wildman–Crippen LogP) is 2.63. The zero-order valence-electron chi connectivity index (χ0n) is 19.7. The van der Waals surface area contributed by atoms with Crippen molar-refractivity contribution < 1.29 is 14.3 Å². The van der Waals surface area contributed by atoms with E-state index in [0.29, 0.717) is 19.4 Å². The lowest BCUT2D eigenvalue weighted by atomic mass is 10.1. The van der Waals surface area contributed by atoms with Gasteiger partial charge >= 0.3 is 0 Å². The smallest absolute Gasteiger partial charge is 0.224 e. The monoisotopic (exact) mass is 481 g/mol. The Labute approximate surface area is 204 Å². The summed E-state index contributed by atoms with van der Waals surface area (Å²) in [6.07, 6.45) is 1.08. The molecule has 0 atom stereocenters. The van der Waals surface area contributed by atoms with E-state index in [-0.39, 0.29) is 5.91 Å². The molecular weight excluding hydrogens is 450 g/mol. The molecule has 1 saturated heterocycles. The molecule has 1 aromatic heterocycles. The van der Waals surface area contributed by atoms with Crippen LogP contribution in [-0.4, -0.2) is 73.7 Å². The van der Waals surface area contributed by atoms with E-state index < -0.39 is 0 Å². The average molecular weight is 482 g/mol. The Morgan fingerprint density at radius 2 is 1.76 bits per heavy atom. The number of ether oxygens (including phenoxy) is 2. The highest BCUT2D eigenvalue weighted by molar-refractivity contribution is 7.09. The van der Waals surface area contributed by atoms with Crippen molar-refractivity contribution in [1.29, 1.82) is 0 Å². The Morgan fingerprint density at radius 1 is 1.00 bits per heavy atom. The van der Waals surface area contributed by atoms with Crippen molar-refractivity contribution >= 4 is 22.6 Å². The van der Waals surface area contributed by atoms with Crippen LogP contribution in [-0.2, 0) is 17.6 Å². The number of amides is 1. The fraction of sp³-hybridized carbons (Fsp3) is 0.400. The van der Waals surface area contributed by atoms with Crippen molar-refractivity contribution in [2.45, 2.75) is 12.8 Å². The fourth-order valence-corrected chi connectivity index (χ4v) is 4.65. The van der Waals surface area contributed by atoms with E-state index in [4.69, 9.17) is 14.5 Å². The number of anilines is 1. The Bertz CT molecular complexity index is 1060. The van der Waals surface area contributed by atoms with E-state index in [0.717, 1.165) is 66.3 Å². The van der Waals surface area contributed by atoms with Gasteiger partial charge in [-0.25, -0.2) is 4.98 Å². The molecule has 180 valence electrons. The highest BCUT2D eigenvalue weighted by Crippen LogP contribution is 2.21. The lowest BCUT2D eigenvalue weighted by Crippen LogP contribution is -2.48. The van der Waals surface area contributed by atoms with Crippen molar-refractivity contribution in [3.8, 4) is 11.5 Å². The number of nitrogens with one attached hydrogen (secondary N) is 1. The van der Waals surface area contributed by atoms with Gasteiger partial charge < -0.3 is 19.7 Å². The Kier molecular flexibility index (Phi) is 8.32. The van der Waals surface area contributed by atoms with E-state index >= 15 is 0 Å². The largest absolute Gasteiger partial charge is 0.497 e. The molecule has 0 saturated carbocycles. The standard InChI is InChI=1S/C25H31N5O3S/c1-32-21-8-6-19(7-9-21)18-24(31)26-10-11-29-12-14-30(15-13-29)25-27-23(28-34-25)17-20-4-3-5-22(16-20)33-2/h3-9,16H,10-15,17-18H2,1-2H3,(H,26,31). The SMILES string of the molecule is COc1ccc(CC(=O)NCCN2CCN(c3nc(Cc4cccc(OC)c4)ns3)CC2)cc1. The van der Waals surface area contributed by atoms with Gasteiger partial charge in [0, 0.05) is 57.2 Å². The number of nitrogens with zero attached hydrogens (tertiary/aromatic N) is 4. The van der Waals surface area contributed by atoms with Gasteiger partial charge in [-0.1, -0.05) is 24.3 Å². The summed E-state index contributed by atoms with van der Waals surface area (Å²) in [4.78, 5) is 21.7. The van der Waals surface area contributed by atoms with Gasteiger partial charge in [0.15, 0.2) is 0 Å². The molecular formula is C25H31N5O3S. The number of hydrogen-bond acceptors (Lipinski definition) is 8. The molecule has 0 radical (unpaired) electrons. The number of carbonyl (C=O) groups excluding carboxylic acids is 1. The zero-order chi connectivity index (χ0) is 23.8. The minimum atomic E-state index is 0.0428. The van der Waals surface area contributed by atoms with Crippen LogP contribution >= 0.6 is 11.5 Å². The van der Waals surface area contributed by atoms with Crippen molar-refractivity contribution in [3.63, 3.8) is 0 Å². The summed E-state index contributed by atoms with van der Waals surface area (Å²) in [7, 11) is 3.31. The van der Waals surface area contributed by atoms with Crippen molar-refractivity contribution in [2.24, 2.45) is 0 Å². The first-order valence-corrected chi connectivity index (χ1v) is 12.2. The number of carbonyl (C=O) groups is 1. The maximum Gasteiger partial charge on any atom is 0.224 e. The maximum atomic E-state index is 12.2. The number of hydrogen-bond donors (Lipinski definition) is 1. The first-order valence-electron chi connectivity index (χ1n) is 11.5. The topological polar surface area (TPSA) is 79.8 Å². The zero-order valence-corrected chi connectivity index (χ0v) is 20.5. The summed E-state index contributed by atoms with van der Waals surface area (Å²) in [6, 6.07) is 15.6. The predicted molar refractivity (Wildman–Crippen MR) is 134 cm³/mol. The van der Waals surface area contributed by atoms with Gasteiger partial charge in [0.1, 0.15) is 17.3 Å². The van der Waals surface area contributed by atoms with E-state index in [2.05, 4.69) is 25.6 Å². The Hall–Kier alpha value is -3.17. The molecule has 34 heavy (non-hydrogen) atoms. The summed E-state index contributed by atoms with van der Waals surface area (Å²) >= 11 is 1.46. The quantitative estimate of drug-likeness (QED) is 0.477. The summed E-state index contributed by atoms with van der Waals surface area (Å²) in [6.45, 7) is 5.21. The molecule has 1 N–H and O–H groups in total. The lowest BCUT2D eigenvalue weighted by molar-refractivity contribution is -0.120. The van der Waals surface area contributed by atoms with Gasteiger partial charge in [0.25, 0.3) is 0 Å². The van der Waals surface area contributed by atoms with Gasteiger partial charge in [-0.05, 0) is 35.4 Å². The summed E-state index contributed by atoms with van der Waals surface area (Å²) < 4.78 is 15.0. The molecule has 8 nitrogen and oxygen atoms in total. The van der Waals surface area contributed by atoms with Crippen LogP contribution in [0.15, 0.2) is 48.5 Å². The molecule has 1 amide bonds. The van der Waals surface area contributed by atoms with Crippen LogP contribution in [0.5, 0.6) is 11.5 Å². The Morgan fingerprint density at radius 3 is 2.50 bits per heavy atom. The van der Waals surface area contributed by atoms with E-state index in [1.807, 2.05) is 42.5 Å². The van der Waals surface area contributed by atoms with Gasteiger partial charge in [-0.3, -0.25) is 9.69 Å². The van der Waals surface area contributed by atoms with Gasteiger partial charge in [0.05, 0.1) is 20.6 Å². The number of rotatable bonds is 10. The summed E-state index contributed by atoms with van der Waals surface area (Å²) in [5.74, 6) is 2.53. The van der Waals surface area contributed by atoms with E-state index in [9.17, 15) is 4.79 Å². The van der Waals surface area contributed by atoms with Crippen molar-refractivity contribution in [2.75, 3.05) is 58.4 Å². The third-order valence-corrected chi connectivity index (χ3v) is 6.69. The van der Waals surface area contributed by atoms with E-state index in [1.165, 1.54) is 11.5 Å². The number of aromatic nitrogens is 2. The number of methoxy groups -OCH3 is 2. The third-order valence-electron chi connectivity index (χ3n) is 5.87. The first kappa shape index (κ1) is 24.0. The molecule has 1 aliphatic heterocycles. The maximum absolute atomic E-state index is 12.2. The molecule has 3 aromatic rings. The molecule has 0 spiro atoms. The fourth-order valence-electron chi connectivity index (χ4n) is 3.92. The highest BCUT2D eigenvalue weighted by atomic mass is 32.1. The second kappa shape index (κ2) is 11.8. The molecule has 2 aromatic carbocycles. The first-order chi connectivity index (χ1) is 16.6. The van der Waals surface area contributed by atoms with Crippen LogP contribution in [0.2, 0.25) is 0 Å². The van der Waals surface area contributed by atoms with Crippen molar-refractivity contribution in [1.82, 2.24) is 19.6 Å². The Balaban J connectivity index is 1.17. The van der Waals surface area contributed by atoms with Gasteiger partial charge in [0.2, 0.25) is 11.0 Å². The van der Waals surface area contributed by atoms with Crippen LogP contribution in [0.25, 0.3) is 0 Å². The molecule has 0 unspecified atom stereocenters. The second-order valence-corrected chi connectivity index (χ2v) is 8.96. The van der Waals surface area contributed by atoms with Crippen LogP contribution < -0.4 is 19.7 Å². The molecule has 0 aliphatic carbocycles. The normalized spacial score (nSPS) is 14.1. The minimum Gasteiger partial charge on any atom is -0.497 e. The second-order valence-electron chi connectivity index (χ2n) is 8.22. The highest BCUT2D eigenvalue weighted by Gasteiger charge is 2.20. The van der Waals surface area contributed by atoms with Gasteiger partial charge in [-0.15, -0.1) is 0 Å². The minimum absolute atomic E-state index is 0.0428. The van der Waals surface area contributed by atoms with Crippen LogP contribution in [0.3, 0.4) is 0 Å². The molecule has 2 heterocycles. The average Bonchev–Trinajstić information content (AvgIpc) is 3.33. The molecule has 4 rings (SSSR count). The number of piperazine rings is 1. The van der Waals surface area contributed by atoms with Gasteiger partial charge in [-0.2, -0.15) is 4.37 Å². The molecule has 1 aliphatic rings. The lowest BCUT2D eigenvalue weighted by Gasteiger charge is -2.34. The van der Waals surface area contributed by atoms with Crippen LogP contribution in [0, 0.1) is 0 Å². The van der Waals surface area contributed by atoms with Crippen LogP contribution in [0.4, 0.5) is 5.13 Å². The summed E-state index contributed by atoms with van der Waals surface area (Å²) in [5, 5.41) is 4.01. The summed E-state index contributed by atoms with van der Waals surface area (Å²) in [5.41, 5.74) is 2.12. The van der Waals surface area contributed by atoms with E-state index in [1.54, 1.807) is 14.2 Å². The van der Waals surface area contributed by atoms with Crippen LogP contribution in [0.1, 0.15) is 17.0 Å². The molecule has 0 bridgehead atoms. The third kappa shape index (κ3) is 6.68.